The Bertz CT molecular complexity index is 671. The zero-order valence-corrected chi connectivity index (χ0v) is 15.7. The summed E-state index contributed by atoms with van der Waals surface area (Å²) < 4.78 is 36.1. The highest BCUT2D eigenvalue weighted by Gasteiger charge is 2.31. The lowest BCUT2D eigenvalue weighted by Gasteiger charge is -2.35. The number of primary sulfonamides is 1. The highest BCUT2D eigenvalue weighted by molar-refractivity contribution is 7.89. The zero-order valence-electron chi connectivity index (χ0n) is 14.9. The number of sulfonamides is 1. The van der Waals surface area contributed by atoms with Crippen molar-refractivity contribution in [2.45, 2.75) is 62.8 Å². The molecule has 1 aromatic carbocycles. The largest absolute Gasteiger partial charge is 0.387 e. The molecule has 7 heteroatoms. The van der Waals surface area contributed by atoms with Gasteiger partial charge in [0.1, 0.15) is 5.82 Å². The lowest BCUT2D eigenvalue weighted by atomic mass is 9.80. The van der Waals surface area contributed by atoms with Crippen LogP contribution in [0.5, 0.6) is 0 Å². The van der Waals surface area contributed by atoms with Crippen molar-refractivity contribution in [3.05, 3.63) is 35.6 Å². The minimum Gasteiger partial charge on any atom is -0.387 e. The first-order valence-corrected chi connectivity index (χ1v) is 10.4. The predicted octanol–water partition coefficient (Wildman–Crippen LogP) is 2.46. The van der Waals surface area contributed by atoms with Gasteiger partial charge in [0.05, 0.1) is 11.4 Å². The van der Waals surface area contributed by atoms with Gasteiger partial charge in [0.25, 0.3) is 0 Å². The maximum absolute atomic E-state index is 13.2. The number of nitrogens with two attached hydrogens (primary N) is 1. The van der Waals surface area contributed by atoms with E-state index in [-0.39, 0.29) is 11.4 Å². The quantitative estimate of drug-likeness (QED) is 0.685. The minimum absolute atomic E-state index is 0.201. The fourth-order valence-electron chi connectivity index (χ4n) is 3.66. The van der Waals surface area contributed by atoms with Crippen molar-refractivity contribution in [3.63, 3.8) is 0 Å². The Hall–Kier alpha value is -1.02. The van der Waals surface area contributed by atoms with E-state index in [1.807, 2.05) is 0 Å². The monoisotopic (exact) mass is 372 g/mol. The molecular formula is C18H29FN2O3S. The first-order chi connectivity index (χ1) is 11.6. The molecular weight excluding hydrogens is 343 g/mol. The molecule has 5 nitrogen and oxygen atoms in total. The number of nitrogens with one attached hydrogen (secondary N) is 1. The Balaban J connectivity index is 1.82. The number of hydrogen-bond donors (Lipinski definition) is 3. The van der Waals surface area contributed by atoms with E-state index in [4.69, 9.17) is 5.14 Å². The van der Waals surface area contributed by atoms with Gasteiger partial charge in [0, 0.05) is 12.1 Å². The Morgan fingerprint density at radius 3 is 2.52 bits per heavy atom. The van der Waals surface area contributed by atoms with Crippen molar-refractivity contribution in [1.82, 2.24) is 5.32 Å². The van der Waals surface area contributed by atoms with Gasteiger partial charge in [-0.15, -0.1) is 0 Å². The summed E-state index contributed by atoms with van der Waals surface area (Å²) in [6.45, 7) is 4.47. The fourth-order valence-corrected chi connectivity index (χ4v) is 4.59. The summed E-state index contributed by atoms with van der Waals surface area (Å²) in [6.07, 6.45) is 3.04. The normalized spacial score (nSPS) is 23.4. The molecule has 142 valence electrons. The van der Waals surface area contributed by atoms with E-state index in [0.29, 0.717) is 30.9 Å². The molecule has 0 spiro atoms. The minimum atomic E-state index is -3.43. The standard InChI is InChI=1S/C18H29FN2O3S/c1-18(2,11-13-6-8-16(9-7-13)25(20,23)24)21-12-17(22)14-4-3-5-15(19)10-14/h3-5,10,13,16-17,21-22H,6-9,11-12H2,1-2H3,(H2,20,23,24)/t13?,16?,17-/m0/s1. The molecule has 0 unspecified atom stereocenters. The molecule has 0 heterocycles. The second kappa shape index (κ2) is 8.12. The molecule has 0 radical (unpaired) electrons. The summed E-state index contributed by atoms with van der Waals surface area (Å²) in [5, 5.41) is 18.4. The Morgan fingerprint density at radius 2 is 1.96 bits per heavy atom. The summed E-state index contributed by atoms with van der Waals surface area (Å²) in [5.74, 6) is 0.0780. The highest BCUT2D eigenvalue weighted by atomic mass is 32.2. The van der Waals surface area contributed by atoms with Crippen LogP contribution in [0.25, 0.3) is 0 Å². The summed E-state index contributed by atoms with van der Waals surface area (Å²) in [4.78, 5) is 0. The van der Waals surface area contributed by atoms with E-state index >= 15 is 0 Å². The van der Waals surface area contributed by atoms with Crippen LogP contribution < -0.4 is 10.5 Å². The number of halogens is 1. The van der Waals surface area contributed by atoms with Crippen molar-refractivity contribution in [2.75, 3.05) is 6.54 Å². The molecule has 4 N–H and O–H groups in total. The molecule has 1 atom stereocenters. The van der Waals surface area contributed by atoms with Crippen LogP contribution in [0.2, 0.25) is 0 Å². The van der Waals surface area contributed by atoms with E-state index < -0.39 is 21.4 Å². The molecule has 0 aromatic heterocycles. The molecule has 1 saturated carbocycles. The third kappa shape index (κ3) is 6.33. The SMILES string of the molecule is CC(C)(CC1CCC(S(N)(=O)=O)CC1)NC[C@H](O)c1cccc(F)c1. The summed E-state index contributed by atoms with van der Waals surface area (Å²) >= 11 is 0. The molecule has 0 aliphatic heterocycles. The lowest BCUT2D eigenvalue weighted by Crippen LogP contribution is -2.44. The van der Waals surface area contributed by atoms with E-state index in [1.165, 1.54) is 12.1 Å². The van der Waals surface area contributed by atoms with Crippen LogP contribution in [-0.4, -0.2) is 30.9 Å². The third-order valence-electron chi connectivity index (χ3n) is 5.06. The molecule has 0 bridgehead atoms. The van der Waals surface area contributed by atoms with E-state index in [1.54, 1.807) is 12.1 Å². The Kier molecular flexibility index (Phi) is 6.59. The molecule has 0 saturated heterocycles. The number of benzene rings is 1. The van der Waals surface area contributed by atoms with E-state index in [0.717, 1.165) is 19.3 Å². The van der Waals surface area contributed by atoms with Crippen LogP contribution >= 0.6 is 0 Å². The first kappa shape index (κ1) is 20.3. The smallest absolute Gasteiger partial charge is 0.211 e. The van der Waals surface area contributed by atoms with Crippen molar-refractivity contribution >= 4 is 10.0 Å². The molecule has 0 amide bonds. The fraction of sp³-hybridized carbons (Fsp3) is 0.667. The van der Waals surface area contributed by atoms with Crippen molar-refractivity contribution in [3.8, 4) is 0 Å². The Labute approximate surface area is 149 Å². The van der Waals surface area contributed by atoms with Gasteiger partial charge in [-0.2, -0.15) is 0 Å². The van der Waals surface area contributed by atoms with Crippen LogP contribution in [0.4, 0.5) is 4.39 Å². The van der Waals surface area contributed by atoms with Gasteiger partial charge in [-0.25, -0.2) is 17.9 Å². The average Bonchev–Trinajstić information content (AvgIpc) is 2.52. The average molecular weight is 373 g/mol. The van der Waals surface area contributed by atoms with Crippen LogP contribution in [0, 0.1) is 11.7 Å². The number of aliphatic hydroxyl groups excluding tert-OH is 1. The molecule has 25 heavy (non-hydrogen) atoms. The maximum Gasteiger partial charge on any atom is 0.211 e. The second-order valence-corrected chi connectivity index (χ2v) is 9.62. The van der Waals surface area contributed by atoms with E-state index in [2.05, 4.69) is 19.2 Å². The van der Waals surface area contributed by atoms with Crippen molar-refractivity contribution in [1.29, 1.82) is 0 Å². The van der Waals surface area contributed by atoms with Crippen LogP contribution in [0.15, 0.2) is 24.3 Å². The lowest BCUT2D eigenvalue weighted by molar-refractivity contribution is 0.151. The second-order valence-electron chi connectivity index (χ2n) is 7.77. The van der Waals surface area contributed by atoms with Gasteiger partial charge in [-0.3, -0.25) is 0 Å². The first-order valence-electron chi connectivity index (χ1n) is 8.77. The van der Waals surface area contributed by atoms with E-state index in [9.17, 15) is 17.9 Å². The van der Waals surface area contributed by atoms with Crippen LogP contribution in [-0.2, 0) is 10.0 Å². The number of β-amino-alcohol motifs (C(OH)–C–C–N with tert-alkyl or cyclic N) is 1. The van der Waals surface area contributed by atoms with Gasteiger partial charge < -0.3 is 10.4 Å². The number of rotatable bonds is 7. The van der Waals surface area contributed by atoms with Gasteiger partial charge in [0.2, 0.25) is 10.0 Å². The van der Waals surface area contributed by atoms with Crippen LogP contribution in [0.3, 0.4) is 0 Å². The predicted molar refractivity (Wildman–Crippen MR) is 96.9 cm³/mol. The van der Waals surface area contributed by atoms with Crippen molar-refractivity contribution < 1.29 is 17.9 Å². The van der Waals surface area contributed by atoms with Crippen molar-refractivity contribution in [2.24, 2.45) is 11.1 Å². The summed E-state index contributed by atoms with van der Waals surface area (Å²) in [7, 11) is -3.43. The molecule has 2 rings (SSSR count). The van der Waals surface area contributed by atoms with Gasteiger partial charge >= 0.3 is 0 Å². The number of hydrogen-bond acceptors (Lipinski definition) is 4. The summed E-state index contributed by atoms with van der Waals surface area (Å²) in [5.41, 5.74) is 0.352. The topological polar surface area (TPSA) is 92.4 Å². The van der Waals surface area contributed by atoms with Crippen LogP contribution in [0.1, 0.15) is 57.6 Å². The third-order valence-corrected chi connectivity index (χ3v) is 6.47. The van der Waals surface area contributed by atoms with Gasteiger partial charge in [-0.1, -0.05) is 12.1 Å². The molecule has 1 fully saturated rings. The number of aliphatic hydroxyl groups is 1. The Morgan fingerprint density at radius 1 is 1.32 bits per heavy atom. The zero-order chi connectivity index (χ0) is 18.7. The highest BCUT2D eigenvalue weighted by Crippen LogP contribution is 2.33. The molecule has 1 aromatic rings. The molecule has 1 aliphatic carbocycles. The summed E-state index contributed by atoms with van der Waals surface area (Å²) in [6, 6.07) is 5.99. The molecule has 1 aliphatic rings. The van der Waals surface area contributed by atoms with Gasteiger partial charge in [-0.05, 0) is 69.6 Å². The van der Waals surface area contributed by atoms with Gasteiger partial charge in [0.15, 0.2) is 0 Å². The maximum atomic E-state index is 13.2.